The van der Waals surface area contributed by atoms with Crippen molar-refractivity contribution in [3.8, 4) is 16.9 Å². The van der Waals surface area contributed by atoms with Crippen molar-refractivity contribution in [2.24, 2.45) is 0 Å². The summed E-state index contributed by atoms with van der Waals surface area (Å²) in [6, 6.07) is 23.5. The lowest BCUT2D eigenvalue weighted by Crippen LogP contribution is -2.27. The fourth-order valence-electron chi connectivity index (χ4n) is 4.86. The standard InChI is InChI=1S/C35H43NO9/c37-26-28-10-12-29(13-11-28)44-25-24-43-23-22-42-21-20-41-19-18-40-17-16-39-15-5-14-36-35(38)45-27-34-32-8-3-1-6-30(32)31-7-2-4-9-33(31)34/h1-4,6-13,26,34H,5,14-25,27H2,(H,36,38). The maximum atomic E-state index is 12.2. The first-order valence-electron chi connectivity index (χ1n) is 15.4. The summed E-state index contributed by atoms with van der Waals surface area (Å²) in [5, 5.41) is 2.80. The van der Waals surface area contributed by atoms with Crippen molar-refractivity contribution in [2.75, 3.05) is 85.8 Å². The fraction of sp³-hybridized carbons (Fsp3) is 0.429. The smallest absolute Gasteiger partial charge is 0.407 e. The van der Waals surface area contributed by atoms with Gasteiger partial charge in [-0.1, -0.05) is 48.5 Å². The summed E-state index contributed by atoms with van der Waals surface area (Å²) in [6.45, 7) is 6.02. The van der Waals surface area contributed by atoms with Crippen molar-refractivity contribution in [1.29, 1.82) is 0 Å². The van der Waals surface area contributed by atoms with E-state index in [1.54, 1.807) is 24.3 Å². The van der Waals surface area contributed by atoms with Gasteiger partial charge in [-0.25, -0.2) is 4.79 Å². The zero-order valence-corrected chi connectivity index (χ0v) is 25.7. The van der Waals surface area contributed by atoms with Crippen LogP contribution in [0.3, 0.4) is 0 Å². The van der Waals surface area contributed by atoms with Crippen molar-refractivity contribution >= 4 is 12.4 Å². The van der Waals surface area contributed by atoms with Gasteiger partial charge in [-0.3, -0.25) is 4.79 Å². The van der Waals surface area contributed by atoms with Gasteiger partial charge in [0, 0.05) is 24.6 Å². The van der Waals surface area contributed by atoms with E-state index < -0.39 is 6.09 Å². The van der Waals surface area contributed by atoms with E-state index in [-0.39, 0.29) is 5.92 Å². The topological polar surface area (TPSA) is 111 Å². The van der Waals surface area contributed by atoms with Crippen LogP contribution in [0.5, 0.6) is 5.75 Å². The summed E-state index contributed by atoms with van der Waals surface area (Å²) in [5.41, 5.74) is 5.42. The molecule has 10 nitrogen and oxygen atoms in total. The molecule has 1 N–H and O–H groups in total. The minimum atomic E-state index is -0.416. The molecule has 0 atom stereocenters. The van der Waals surface area contributed by atoms with E-state index >= 15 is 0 Å². The Morgan fingerprint density at radius 1 is 0.622 bits per heavy atom. The molecule has 3 aromatic carbocycles. The van der Waals surface area contributed by atoms with Crippen LogP contribution in [-0.2, 0) is 28.4 Å². The van der Waals surface area contributed by atoms with Gasteiger partial charge < -0.3 is 38.5 Å². The first-order valence-corrected chi connectivity index (χ1v) is 15.4. The number of carbonyl (C=O) groups excluding carboxylic acids is 2. The zero-order valence-electron chi connectivity index (χ0n) is 25.7. The maximum Gasteiger partial charge on any atom is 0.407 e. The van der Waals surface area contributed by atoms with Crippen LogP contribution >= 0.6 is 0 Å². The maximum absolute atomic E-state index is 12.2. The van der Waals surface area contributed by atoms with E-state index in [0.29, 0.717) is 104 Å². The van der Waals surface area contributed by atoms with Crippen LogP contribution in [0.25, 0.3) is 11.1 Å². The molecule has 0 aromatic heterocycles. The average molecular weight is 622 g/mol. The van der Waals surface area contributed by atoms with Crippen LogP contribution in [-0.4, -0.2) is 98.2 Å². The Kier molecular flexibility index (Phi) is 15.4. The molecule has 0 saturated heterocycles. The summed E-state index contributed by atoms with van der Waals surface area (Å²) in [4.78, 5) is 22.9. The van der Waals surface area contributed by atoms with Crippen molar-refractivity contribution in [2.45, 2.75) is 12.3 Å². The number of hydrogen-bond acceptors (Lipinski definition) is 9. The highest BCUT2D eigenvalue weighted by Gasteiger charge is 2.28. The lowest BCUT2D eigenvalue weighted by molar-refractivity contribution is -0.0127. The predicted molar refractivity (Wildman–Crippen MR) is 169 cm³/mol. The Morgan fingerprint density at radius 3 is 1.64 bits per heavy atom. The van der Waals surface area contributed by atoms with Gasteiger partial charge in [-0.05, 0) is 52.9 Å². The van der Waals surface area contributed by atoms with E-state index in [1.165, 1.54) is 22.3 Å². The van der Waals surface area contributed by atoms with Crippen molar-refractivity contribution < 1.29 is 42.7 Å². The summed E-state index contributed by atoms with van der Waals surface area (Å²) in [6.07, 6.45) is 1.07. The van der Waals surface area contributed by atoms with Crippen LogP contribution in [0.1, 0.15) is 33.8 Å². The molecule has 0 unspecified atom stereocenters. The number of aldehydes is 1. The third-order valence-corrected chi connectivity index (χ3v) is 7.08. The van der Waals surface area contributed by atoms with Gasteiger partial charge in [0.05, 0.1) is 59.5 Å². The number of benzene rings is 3. The second-order valence-corrected chi connectivity index (χ2v) is 10.2. The molecule has 0 heterocycles. The molecule has 0 fully saturated rings. The van der Waals surface area contributed by atoms with Crippen LogP contribution in [0.4, 0.5) is 4.79 Å². The molecule has 0 radical (unpaired) electrons. The summed E-state index contributed by atoms with van der Waals surface area (Å²) in [5.74, 6) is 0.752. The van der Waals surface area contributed by atoms with E-state index in [0.717, 1.165) is 6.29 Å². The van der Waals surface area contributed by atoms with Gasteiger partial charge in [0.15, 0.2) is 0 Å². The van der Waals surface area contributed by atoms with E-state index in [9.17, 15) is 9.59 Å². The van der Waals surface area contributed by atoms with Gasteiger partial charge in [0.25, 0.3) is 0 Å². The molecule has 4 rings (SSSR count). The number of amides is 1. The lowest BCUT2D eigenvalue weighted by Gasteiger charge is -2.14. The van der Waals surface area contributed by atoms with Crippen LogP contribution in [0.2, 0.25) is 0 Å². The van der Waals surface area contributed by atoms with Gasteiger partial charge in [0.2, 0.25) is 0 Å². The number of hydrogen-bond donors (Lipinski definition) is 1. The number of rotatable bonds is 23. The predicted octanol–water partition coefficient (Wildman–Crippen LogP) is 4.89. The quantitative estimate of drug-likeness (QED) is 0.117. The third-order valence-electron chi connectivity index (χ3n) is 7.08. The number of nitrogens with one attached hydrogen (secondary N) is 1. The molecule has 10 heteroatoms. The molecule has 0 saturated carbocycles. The Morgan fingerprint density at radius 2 is 1.11 bits per heavy atom. The van der Waals surface area contributed by atoms with E-state index in [1.807, 2.05) is 24.3 Å². The number of alkyl carbamates (subject to hydrolysis) is 1. The minimum absolute atomic E-state index is 0.0510. The average Bonchev–Trinajstić information content (AvgIpc) is 3.40. The molecule has 1 aliphatic carbocycles. The van der Waals surface area contributed by atoms with Crippen molar-refractivity contribution in [3.05, 3.63) is 89.5 Å². The summed E-state index contributed by atoms with van der Waals surface area (Å²) >= 11 is 0. The van der Waals surface area contributed by atoms with Gasteiger partial charge in [-0.2, -0.15) is 0 Å². The van der Waals surface area contributed by atoms with E-state index in [4.69, 9.17) is 33.2 Å². The monoisotopic (exact) mass is 621 g/mol. The Balaban J connectivity index is 0.874. The molecular weight excluding hydrogens is 578 g/mol. The normalized spacial score (nSPS) is 12.0. The van der Waals surface area contributed by atoms with Crippen LogP contribution in [0, 0.1) is 0 Å². The lowest BCUT2D eigenvalue weighted by atomic mass is 9.98. The number of fused-ring (bicyclic) bond motifs is 3. The highest BCUT2D eigenvalue weighted by molar-refractivity contribution is 5.79. The third kappa shape index (κ3) is 11.9. The molecule has 0 spiro atoms. The highest BCUT2D eigenvalue weighted by Crippen LogP contribution is 2.44. The number of ether oxygens (including phenoxy) is 7. The van der Waals surface area contributed by atoms with E-state index in [2.05, 4.69) is 29.6 Å². The Hall–Kier alpha value is -3.80. The Labute approximate surface area is 264 Å². The van der Waals surface area contributed by atoms with Crippen molar-refractivity contribution in [1.82, 2.24) is 5.32 Å². The molecule has 242 valence electrons. The van der Waals surface area contributed by atoms with Gasteiger partial charge >= 0.3 is 6.09 Å². The first-order chi connectivity index (χ1) is 22.3. The summed E-state index contributed by atoms with van der Waals surface area (Å²) in [7, 11) is 0. The minimum Gasteiger partial charge on any atom is -0.491 e. The first kappa shape index (κ1) is 34.1. The second kappa shape index (κ2) is 20.3. The molecule has 1 amide bonds. The molecule has 3 aromatic rings. The van der Waals surface area contributed by atoms with Gasteiger partial charge in [-0.15, -0.1) is 0 Å². The SMILES string of the molecule is O=Cc1ccc(OCCOCCOCCOCCOCCOCCCNC(=O)OCC2c3ccccc3-c3ccccc32)cc1. The molecule has 0 bridgehead atoms. The molecule has 1 aliphatic rings. The zero-order chi connectivity index (χ0) is 31.4. The second-order valence-electron chi connectivity index (χ2n) is 10.2. The van der Waals surface area contributed by atoms with Crippen LogP contribution < -0.4 is 10.1 Å². The molecular formula is C35H43NO9. The van der Waals surface area contributed by atoms with Crippen molar-refractivity contribution in [3.63, 3.8) is 0 Å². The van der Waals surface area contributed by atoms with Crippen LogP contribution in [0.15, 0.2) is 72.8 Å². The summed E-state index contributed by atoms with van der Waals surface area (Å²) < 4.78 is 38.6. The Bertz CT molecular complexity index is 1240. The van der Waals surface area contributed by atoms with Gasteiger partial charge in [0.1, 0.15) is 25.2 Å². The fourth-order valence-corrected chi connectivity index (χ4v) is 4.86. The molecule has 45 heavy (non-hydrogen) atoms. The largest absolute Gasteiger partial charge is 0.491 e. The highest BCUT2D eigenvalue weighted by atomic mass is 16.6. The molecule has 0 aliphatic heterocycles. The number of carbonyl (C=O) groups is 2.